The lowest BCUT2D eigenvalue weighted by Gasteiger charge is -2.38. The summed E-state index contributed by atoms with van der Waals surface area (Å²) < 4.78 is 7.60. The second-order valence-electron chi connectivity index (χ2n) is 6.67. The van der Waals surface area contributed by atoms with E-state index in [-0.39, 0.29) is 11.9 Å². The Morgan fingerprint density at radius 2 is 1.96 bits per heavy atom. The smallest absolute Gasteiger partial charge is 0.290 e. The quantitative estimate of drug-likeness (QED) is 0.729. The van der Waals surface area contributed by atoms with Crippen LogP contribution in [0.15, 0.2) is 59.5 Å². The van der Waals surface area contributed by atoms with Crippen LogP contribution in [0, 0.1) is 0 Å². The Kier molecular flexibility index (Phi) is 4.34. The molecular weight excluding hydrogens is 328 g/mol. The zero-order valence-electron chi connectivity index (χ0n) is 15.0. The number of amides is 1. The van der Waals surface area contributed by atoms with Gasteiger partial charge >= 0.3 is 0 Å². The van der Waals surface area contributed by atoms with E-state index in [2.05, 4.69) is 16.9 Å². The van der Waals surface area contributed by atoms with Gasteiger partial charge in [0.25, 0.3) is 5.91 Å². The van der Waals surface area contributed by atoms with Gasteiger partial charge in [-0.1, -0.05) is 30.3 Å². The van der Waals surface area contributed by atoms with E-state index in [1.165, 1.54) is 0 Å². The van der Waals surface area contributed by atoms with Crippen molar-refractivity contribution in [3.63, 3.8) is 0 Å². The number of likely N-dealkylation sites (N-methyl/N-ethyl adjacent to an activating group) is 1. The summed E-state index contributed by atoms with van der Waals surface area (Å²) in [6, 6.07) is 11.8. The molecule has 0 radical (unpaired) electrons. The Hall–Kier alpha value is -2.86. The summed E-state index contributed by atoms with van der Waals surface area (Å²) in [5.41, 5.74) is 1.82. The summed E-state index contributed by atoms with van der Waals surface area (Å²) in [6.07, 6.45) is 5.32. The minimum atomic E-state index is -0.0684. The molecule has 6 nitrogen and oxygen atoms in total. The van der Waals surface area contributed by atoms with Crippen molar-refractivity contribution in [2.45, 2.75) is 6.04 Å². The fourth-order valence-electron chi connectivity index (χ4n) is 3.50. The van der Waals surface area contributed by atoms with Crippen LogP contribution in [0.3, 0.4) is 0 Å². The van der Waals surface area contributed by atoms with Gasteiger partial charge < -0.3 is 13.9 Å². The molecule has 1 atom stereocenters. The molecule has 0 N–H and O–H groups in total. The molecule has 0 aliphatic carbocycles. The highest BCUT2D eigenvalue weighted by Crippen LogP contribution is 2.28. The first-order chi connectivity index (χ1) is 12.6. The molecule has 0 bridgehead atoms. The summed E-state index contributed by atoms with van der Waals surface area (Å²) >= 11 is 0. The van der Waals surface area contributed by atoms with E-state index in [0.717, 1.165) is 23.5 Å². The highest BCUT2D eigenvalue weighted by atomic mass is 16.3. The molecule has 1 saturated heterocycles. The van der Waals surface area contributed by atoms with Crippen molar-refractivity contribution < 1.29 is 9.21 Å². The van der Waals surface area contributed by atoms with Crippen LogP contribution in [-0.2, 0) is 7.05 Å². The Labute approximate surface area is 152 Å². The average molecular weight is 350 g/mol. The monoisotopic (exact) mass is 350 g/mol. The van der Waals surface area contributed by atoms with Crippen LogP contribution < -0.4 is 0 Å². The number of furan rings is 1. The van der Waals surface area contributed by atoms with Gasteiger partial charge in [-0.05, 0) is 18.7 Å². The molecule has 1 aromatic carbocycles. The number of nitrogens with zero attached hydrogens (tertiary/aromatic N) is 4. The Bertz CT molecular complexity index is 899. The number of hydrogen-bond acceptors (Lipinski definition) is 4. The minimum Gasteiger partial charge on any atom is -0.459 e. The number of aromatic nitrogens is 2. The molecule has 1 aliphatic heterocycles. The average Bonchev–Trinajstić information content (AvgIpc) is 3.31. The Balaban J connectivity index is 1.60. The molecule has 6 heteroatoms. The normalized spacial score (nSPS) is 18.2. The topological polar surface area (TPSA) is 54.5 Å². The van der Waals surface area contributed by atoms with Crippen LogP contribution in [0.1, 0.15) is 22.4 Å². The van der Waals surface area contributed by atoms with Crippen LogP contribution in [0.2, 0.25) is 0 Å². The highest BCUT2D eigenvalue weighted by Gasteiger charge is 2.33. The van der Waals surface area contributed by atoms with E-state index >= 15 is 0 Å². The van der Waals surface area contributed by atoms with Crippen molar-refractivity contribution >= 4 is 5.91 Å². The van der Waals surface area contributed by atoms with Crippen LogP contribution >= 0.6 is 0 Å². The van der Waals surface area contributed by atoms with Crippen molar-refractivity contribution in [2.24, 2.45) is 7.05 Å². The molecule has 4 rings (SSSR count). The lowest BCUT2D eigenvalue weighted by atomic mass is 10.1. The van der Waals surface area contributed by atoms with Gasteiger partial charge in [-0.25, -0.2) is 4.98 Å². The first-order valence-corrected chi connectivity index (χ1v) is 8.75. The number of aryl methyl sites for hydroxylation is 1. The molecule has 0 saturated carbocycles. The number of carbonyl (C=O) groups excluding carboxylic acids is 1. The second kappa shape index (κ2) is 6.80. The third-order valence-electron chi connectivity index (χ3n) is 5.04. The summed E-state index contributed by atoms with van der Waals surface area (Å²) in [6.45, 7) is 2.06. The predicted octanol–water partition coefficient (Wildman–Crippen LogP) is 2.81. The van der Waals surface area contributed by atoms with Crippen molar-refractivity contribution in [2.75, 3.05) is 26.7 Å². The van der Waals surface area contributed by atoms with Gasteiger partial charge in [0.15, 0.2) is 5.76 Å². The van der Waals surface area contributed by atoms with E-state index in [1.807, 2.05) is 59.1 Å². The molecule has 0 spiro atoms. The van der Waals surface area contributed by atoms with E-state index < -0.39 is 0 Å². The van der Waals surface area contributed by atoms with E-state index in [0.29, 0.717) is 18.8 Å². The van der Waals surface area contributed by atoms with Crippen LogP contribution in [0.25, 0.3) is 11.1 Å². The number of hydrogen-bond donors (Lipinski definition) is 0. The predicted molar refractivity (Wildman–Crippen MR) is 98.6 cm³/mol. The maximum atomic E-state index is 13.1. The van der Waals surface area contributed by atoms with Crippen molar-refractivity contribution in [3.05, 3.63) is 66.6 Å². The highest BCUT2D eigenvalue weighted by molar-refractivity contribution is 5.98. The second-order valence-corrected chi connectivity index (χ2v) is 6.67. The van der Waals surface area contributed by atoms with Crippen molar-refractivity contribution in [1.29, 1.82) is 0 Å². The lowest BCUT2D eigenvalue weighted by molar-refractivity contribution is 0.0501. The van der Waals surface area contributed by atoms with Gasteiger partial charge in [-0.2, -0.15) is 0 Å². The number of carbonyl (C=O) groups is 1. The molecular formula is C20H22N4O2. The Morgan fingerprint density at radius 3 is 2.69 bits per heavy atom. The van der Waals surface area contributed by atoms with Gasteiger partial charge in [-0.3, -0.25) is 9.69 Å². The standard InChI is InChI=1S/C20H22N4O2/c1-22-11-12-24(14-17(22)19-21-9-10-23(19)2)20(25)18-16(8-13-26-18)15-6-4-3-5-7-15/h3-10,13,17H,11-12,14H2,1-2H3. The largest absolute Gasteiger partial charge is 0.459 e. The molecule has 2 aromatic heterocycles. The molecule has 3 heterocycles. The van der Waals surface area contributed by atoms with Gasteiger partial charge in [0.1, 0.15) is 5.82 Å². The van der Waals surface area contributed by atoms with Crippen LogP contribution in [0.5, 0.6) is 0 Å². The fraction of sp³-hybridized carbons (Fsp3) is 0.300. The van der Waals surface area contributed by atoms with Gasteiger partial charge in [-0.15, -0.1) is 0 Å². The maximum Gasteiger partial charge on any atom is 0.290 e. The van der Waals surface area contributed by atoms with Gasteiger partial charge in [0.2, 0.25) is 0 Å². The number of benzene rings is 1. The van der Waals surface area contributed by atoms with Crippen LogP contribution in [0.4, 0.5) is 0 Å². The zero-order valence-corrected chi connectivity index (χ0v) is 15.0. The first kappa shape index (κ1) is 16.6. The van der Waals surface area contributed by atoms with Crippen LogP contribution in [-0.4, -0.2) is 51.9 Å². The van der Waals surface area contributed by atoms with E-state index in [9.17, 15) is 4.79 Å². The molecule has 3 aromatic rings. The third-order valence-corrected chi connectivity index (χ3v) is 5.04. The zero-order chi connectivity index (χ0) is 18.1. The fourth-order valence-corrected chi connectivity index (χ4v) is 3.50. The van der Waals surface area contributed by atoms with Crippen molar-refractivity contribution in [1.82, 2.24) is 19.4 Å². The molecule has 1 amide bonds. The van der Waals surface area contributed by atoms with E-state index in [4.69, 9.17) is 4.42 Å². The van der Waals surface area contributed by atoms with Gasteiger partial charge in [0, 0.05) is 44.6 Å². The summed E-state index contributed by atoms with van der Waals surface area (Å²) in [5, 5.41) is 0. The molecule has 26 heavy (non-hydrogen) atoms. The third kappa shape index (κ3) is 2.93. The lowest BCUT2D eigenvalue weighted by Crippen LogP contribution is -2.49. The molecule has 134 valence electrons. The van der Waals surface area contributed by atoms with Crippen molar-refractivity contribution in [3.8, 4) is 11.1 Å². The summed E-state index contributed by atoms with van der Waals surface area (Å²) in [5.74, 6) is 1.30. The molecule has 1 aliphatic rings. The first-order valence-electron chi connectivity index (χ1n) is 8.75. The number of rotatable bonds is 3. The Morgan fingerprint density at radius 1 is 1.15 bits per heavy atom. The number of imidazole rings is 1. The minimum absolute atomic E-state index is 0.0684. The maximum absolute atomic E-state index is 13.1. The SMILES string of the molecule is CN1CCN(C(=O)c2occc2-c2ccccc2)CC1c1nccn1C. The molecule has 1 unspecified atom stereocenters. The molecule has 1 fully saturated rings. The number of piperazine rings is 1. The summed E-state index contributed by atoms with van der Waals surface area (Å²) in [4.78, 5) is 21.7. The van der Waals surface area contributed by atoms with Gasteiger partial charge in [0.05, 0.1) is 12.3 Å². The summed E-state index contributed by atoms with van der Waals surface area (Å²) in [7, 11) is 4.06. The van der Waals surface area contributed by atoms with E-state index in [1.54, 1.807) is 12.5 Å².